The summed E-state index contributed by atoms with van der Waals surface area (Å²) in [6.07, 6.45) is -17.4. The van der Waals surface area contributed by atoms with E-state index in [2.05, 4.69) is 0 Å². The molecule has 0 spiro atoms. The van der Waals surface area contributed by atoms with Crippen molar-refractivity contribution in [2.24, 2.45) is 0 Å². The van der Waals surface area contributed by atoms with Gasteiger partial charge >= 0.3 is 0 Å². The highest BCUT2D eigenvalue weighted by molar-refractivity contribution is 5.88. The van der Waals surface area contributed by atoms with Gasteiger partial charge in [-0.25, -0.2) is 0 Å². The molecule has 3 aromatic rings. The summed E-state index contributed by atoms with van der Waals surface area (Å²) in [5.41, 5.74) is -1.41. The number of fused-ring (bicyclic) bond motifs is 1. The zero-order chi connectivity index (χ0) is 32.0. The van der Waals surface area contributed by atoms with E-state index < -0.39 is 120 Å². The lowest BCUT2D eigenvalue weighted by molar-refractivity contribution is -0.323. The molecule has 0 aliphatic carbocycles. The molecule has 0 saturated carbocycles. The molecule has 3 heterocycles. The van der Waals surface area contributed by atoms with Gasteiger partial charge in [-0.3, -0.25) is 4.79 Å². The zero-order valence-corrected chi connectivity index (χ0v) is 22.4. The maximum absolute atomic E-state index is 13.6. The first-order valence-corrected chi connectivity index (χ1v) is 13.2. The first kappa shape index (κ1) is 31.7. The Bertz CT molecular complexity index is 1560. The van der Waals surface area contributed by atoms with Gasteiger partial charge in [0.25, 0.3) is 0 Å². The fraction of sp³-hybridized carbons (Fsp3) is 0.444. The van der Waals surface area contributed by atoms with Crippen LogP contribution in [0.2, 0.25) is 0 Å². The van der Waals surface area contributed by atoms with Gasteiger partial charge in [0.15, 0.2) is 23.5 Å². The number of aromatic hydroxyl groups is 4. The molecular formula is C27H30O17. The van der Waals surface area contributed by atoms with Gasteiger partial charge in [-0.15, -0.1) is 0 Å². The molecule has 0 unspecified atom stereocenters. The summed E-state index contributed by atoms with van der Waals surface area (Å²) in [6, 6.07) is 5.17. The number of hydrogen-bond acceptors (Lipinski definition) is 17. The third kappa shape index (κ3) is 5.73. The molecule has 2 aliphatic rings. The predicted molar refractivity (Wildman–Crippen MR) is 142 cm³/mol. The summed E-state index contributed by atoms with van der Waals surface area (Å²) in [4.78, 5) is 13.6. The smallest absolute Gasteiger partial charge is 0.239 e. The van der Waals surface area contributed by atoms with E-state index in [-0.39, 0.29) is 11.1 Å². The molecule has 2 fully saturated rings. The molecular weight excluding hydrogens is 596 g/mol. The number of benzene rings is 2. The van der Waals surface area contributed by atoms with Crippen molar-refractivity contribution in [3.05, 3.63) is 40.6 Å². The number of phenolic OH excluding ortho intramolecular Hbond substituents is 4. The van der Waals surface area contributed by atoms with E-state index in [1.54, 1.807) is 0 Å². The fourth-order valence-electron chi connectivity index (χ4n) is 4.89. The van der Waals surface area contributed by atoms with E-state index in [4.69, 9.17) is 23.4 Å². The van der Waals surface area contributed by atoms with Crippen molar-refractivity contribution in [3.63, 3.8) is 0 Å². The normalized spacial score (nSPS) is 32.5. The van der Waals surface area contributed by atoms with Gasteiger partial charge < -0.3 is 79.5 Å². The molecule has 44 heavy (non-hydrogen) atoms. The van der Waals surface area contributed by atoms with Crippen LogP contribution < -0.4 is 10.2 Å². The van der Waals surface area contributed by atoms with Gasteiger partial charge in [-0.2, -0.15) is 0 Å². The maximum Gasteiger partial charge on any atom is 0.239 e. The second kappa shape index (κ2) is 12.3. The molecule has 0 radical (unpaired) electrons. The summed E-state index contributed by atoms with van der Waals surface area (Å²) in [6.45, 7) is -1.42. The van der Waals surface area contributed by atoms with Gasteiger partial charge in [0.05, 0.1) is 13.2 Å². The predicted octanol–water partition coefficient (Wildman–Crippen LogP) is -2.71. The molecule has 0 bridgehead atoms. The van der Waals surface area contributed by atoms with Crippen LogP contribution in [-0.4, -0.2) is 131 Å². The van der Waals surface area contributed by atoms with Gasteiger partial charge in [0.2, 0.25) is 17.5 Å². The summed E-state index contributed by atoms with van der Waals surface area (Å²) in [7, 11) is 0. The van der Waals surface area contributed by atoms with Crippen molar-refractivity contribution >= 4 is 11.0 Å². The van der Waals surface area contributed by atoms with Crippen molar-refractivity contribution in [1.29, 1.82) is 0 Å². The quantitative estimate of drug-likeness (QED) is 0.119. The fourth-order valence-corrected chi connectivity index (χ4v) is 4.89. The van der Waals surface area contributed by atoms with Crippen LogP contribution in [0.1, 0.15) is 0 Å². The van der Waals surface area contributed by atoms with Crippen LogP contribution >= 0.6 is 0 Å². The Morgan fingerprint density at radius 3 is 2.00 bits per heavy atom. The lowest BCUT2D eigenvalue weighted by Crippen LogP contribution is -2.62. The van der Waals surface area contributed by atoms with E-state index in [1.165, 1.54) is 6.07 Å². The summed E-state index contributed by atoms with van der Waals surface area (Å²) >= 11 is 0. The minimum Gasteiger partial charge on any atom is -0.508 e. The average molecular weight is 627 g/mol. The SMILES string of the molecule is O=c1c(O[C@H]2O[C@H](CO[C@H]3O[C@H](CO)[C@H](O)[C@@H](O)[C@@H]3O)[C@H](O)[C@@H](O)[C@H]2O)c(-c2ccc(O)c(O)c2)oc2cc(O)cc(O)c12. The molecule has 2 saturated heterocycles. The highest BCUT2D eigenvalue weighted by Gasteiger charge is 2.48. The van der Waals surface area contributed by atoms with Crippen LogP contribution in [0, 0.1) is 0 Å². The second-order valence-electron chi connectivity index (χ2n) is 10.3. The van der Waals surface area contributed by atoms with Crippen LogP contribution in [0.3, 0.4) is 0 Å². The van der Waals surface area contributed by atoms with Gasteiger partial charge in [0, 0.05) is 17.7 Å². The Morgan fingerprint density at radius 1 is 0.705 bits per heavy atom. The van der Waals surface area contributed by atoms with Crippen LogP contribution in [0.25, 0.3) is 22.3 Å². The van der Waals surface area contributed by atoms with Crippen molar-refractivity contribution < 1.29 is 79.5 Å². The Labute approximate surface area is 246 Å². The van der Waals surface area contributed by atoms with Gasteiger partial charge in [0.1, 0.15) is 71.3 Å². The lowest BCUT2D eigenvalue weighted by atomic mass is 9.98. The Kier molecular flexibility index (Phi) is 8.87. The number of aliphatic hydroxyl groups excluding tert-OH is 7. The molecule has 17 heteroatoms. The molecule has 11 N–H and O–H groups in total. The summed E-state index contributed by atoms with van der Waals surface area (Å²) in [5.74, 6) is -3.44. The Morgan fingerprint density at radius 2 is 1.34 bits per heavy atom. The second-order valence-corrected chi connectivity index (χ2v) is 10.3. The Hall–Kier alpha value is -3.75. The molecule has 2 aliphatic heterocycles. The largest absolute Gasteiger partial charge is 0.508 e. The van der Waals surface area contributed by atoms with Crippen molar-refractivity contribution in [3.8, 4) is 40.1 Å². The highest BCUT2D eigenvalue weighted by Crippen LogP contribution is 2.39. The molecule has 1 aromatic heterocycles. The lowest BCUT2D eigenvalue weighted by Gasteiger charge is -2.42. The Balaban J connectivity index is 1.47. The number of rotatable bonds is 7. The van der Waals surface area contributed by atoms with E-state index in [0.717, 1.165) is 24.3 Å². The summed E-state index contributed by atoms with van der Waals surface area (Å²) in [5, 5.41) is 111. The molecule has 0 amide bonds. The zero-order valence-electron chi connectivity index (χ0n) is 22.4. The third-order valence-corrected chi connectivity index (χ3v) is 7.33. The van der Waals surface area contributed by atoms with E-state index in [0.29, 0.717) is 0 Å². The number of ether oxygens (including phenoxy) is 4. The van der Waals surface area contributed by atoms with Crippen molar-refractivity contribution in [2.75, 3.05) is 13.2 Å². The van der Waals surface area contributed by atoms with E-state index >= 15 is 0 Å². The number of aliphatic hydroxyl groups is 7. The summed E-state index contributed by atoms with van der Waals surface area (Å²) < 4.78 is 27.6. The highest BCUT2D eigenvalue weighted by atomic mass is 16.7. The van der Waals surface area contributed by atoms with Gasteiger partial charge in [-0.05, 0) is 18.2 Å². The molecule has 2 aromatic carbocycles. The third-order valence-electron chi connectivity index (χ3n) is 7.33. The minimum absolute atomic E-state index is 0.0504. The van der Waals surface area contributed by atoms with E-state index in [9.17, 15) is 61.0 Å². The molecule has 240 valence electrons. The van der Waals surface area contributed by atoms with E-state index in [1.807, 2.05) is 0 Å². The standard InChI is InChI=1S/C27H30O17/c28-6-14-17(33)20(36)22(38)26(42-14)40-7-15-18(34)21(37)23(39)27(43-15)44-25-19(35)16-12(32)4-9(29)5-13(16)41-24(25)8-1-2-10(30)11(31)3-8/h1-5,14-15,17-18,20-23,26-34,36-39H,6-7H2/t14-,15-,17+,18+,20-,21-,22+,23-,26+,27-/m1/s1. The maximum atomic E-state index is 13.6. The molecule has 5 rings (SSSR count). The van der Waals surface area contributed by atoms with Crippen molar-refractivity contribution in [2.45, 2.75) is 61.4 Å². The average Bonchev–Trinajstić information content (AvgIpc) is 2.98. The van der Waals surface area contributed by atoms with Gasteiger partial charge in [-0.1, -0.05) is 0 Å². The first-order valence-electron chi connectivity index (χ1n) is 13.2. The first-order chi connectivity index (χ1) is 20.8. The number of hydrogen-bond donors (Lipinski definition) is 11. The van der Waals surface area contributed by atoms with Crippen LogP contribution in [0.4, 0.5) is 0 Å². The van der Waals surface area contributed by atoms with Crippen LogP contribution in [0.5, 0.6) is 28.7 Å². The monoisotopic (exact) mass is 626 g/mol. The van der Waals surface area contributed by atoms with Crippen LogP contribution in [-0.2, 0) is 14.2 Å². The molecule has 17 nitrogen and oxygen atoms in total. The topological polar surface area (TPSA) is 290 Å². The van der Waals surface area contributed by atoms with Crippen LogP contribution in [0.15, 0.2) is 39.5 Å². The van der Waals surface area contributed by atoms with Crippen molar-refractivity contribution in [1.82, 2.24) is 0 Å². The molecule has 10 atom stereocenters. The number of phenols is 4. The minimum atomic E-state index is -2.00.